The van der Waals surface area contributed by atoms with E-state index in [1.54, 1.807) is 4.52 Å². The quantitative estimate of drug-likeness (QED) is 0.792. The van der Waals surface area contributed by atoms with Crippen molar-refractivity contribution >= 4 is 33.6 Å². The van der Waals surface area contributed by atoms with E-state index in [0.29, 0.717) is 19.0 Å². The minimum Gasteiger partial charge on any atom is -0.444 e. The molecule has 0 unspecified atom stereocenters. The van der Waals surface area contributed by atoms with Gasteiger partial charge in [0.1, 0.15) is 5.60 Å². The number of nitrogens with zero attached hydrogens (tertiary/aromatic N) is 3. The van der Waals surface area contributed by atoms with Crippen molar-refractivity contribution in [3.63, 3.8) is 0 Å². The van der Waals surface area contributed by atoms with Gasteiger partial charge in [0.25, 0.3) is 0 Å². The number of pyridine rings is 1. The number of hydrogen-bond acceptors (Lipinski definition) is 5. The summed E-state index contributed by atoms with van der Waals surface area (Å²) < 4.78 is 7.74. The van der Waals surface area contributed by atoms with Gasteiger partial charge in [-0.2, -0.15) is 4.98 Å². The van der Waals surface area contributed by atoms with Crippen molar-refractivity contribution in [1.82, 2.24) is 19.9 Å². The summed E-state index contributed by atoms with van der Waals surface area (Å²) in [6.07, 6.45) is 2.18. The maximum Gasteiger partial charge on any atom is 0.407 e. The number of rotatable bonds is 5. The number of aromatic nitrogens is 3. The summed E-state index contributed by atoms with van der Waals surface area (Å²) in [6, 6.07) is 3.80. The average Bonchev–Trinajstić information content (AvgIpc) is 2.80. The average molecular weight is 370 g/mol. The molecule has 1 amide bonds. The maximum absolute atomic E-state index is 11.5. The first-order valence-corrected chi connectivity index (χ1v) is 7.86. The Morgan fingerprint density at radius 2 is 2.18 bits per heavy atom. The predicted molar refractivity (Wildman–Crippen MR) is 88.0 cm³/mol. The highest BCUT2D eigenvalue weighted by atomic mass is 79.9. The van der Waals surface area contributed by atoms with Crippen molar-refractivity contribution in [3.8, 4) is 0 Å². The van der Waals surface area contributed by atoms with E-state index >= 15 is 0 Å². The van der Waals surface area contributed by atoms with Crippen LogP contribution in [0.25, 0.3) is 5.65 Å². The SMILES string of the molecule is CC(C)(C)OC(=O)NCCCNc1nc2c(Br)cccn2n1. The van der Waals surface area contributed by atoms with Crippen LogP contribution in [-0.2, 0) is 4.74 Å². The Bertz CT molecular complexity index is 650. The highest BCUT2D eigenvalue weighted by Gasteiger charge is 2.15. The van der Waals surface area contributed by atoms with E-state index in [0.717, 1.165) is 16.5 Å². The second-order valence-corrected chi connectivity index (χ2v) is 6.62. The summed E-state index contributed by atoms with van der Waals surface area (Å²) in [5, 5.41) is 10.1. The fraction of sp³-hybridized carbons (Fsp3) is 0.500. The summed E-state index contributed by atoms with van der Waals surface area (Å²) in [5.41, 5.74) is 0.285. The van der Waals surface area contributed by atoms with Crippen LogP contribution >= 0.6 is 15.9 Å². The minimum atomic E-state index is -0.476. The third kappa shape index (κ3) is 4.87. The third-order valence-corrected chi connectivity index (χ3v) is 3.24. The number of amides is 1. The van der Waals surface area contributed by atoms with Crippen LogP contribution in [0.4, 0.5) is 10.7 Å². The first kappa shape index (κ1) is 16.5. The molecule has 2 aromatic rings. The number of fused-ring (bicyclic) bond motifs is 1. The van der Waals surface area contributed by atoms with Gasteiger partial charge >= 0.3 is 6.09 Å². The largest absolute Gasteiger partial charge is 0.444 e. The van der Waals surface area contributed by atoms with Gasteiger partial charge in [-0.3, -0.25) is 0 Å². The van der Waals surface area contributed by atoms with E-state index < -0.39 is 11.7 Å². The van der Waals surface area contributed by atoms with E-state index in [4.69, 9.17) is 4.74 Å². The standard InChI is InChI=1S/C14H20BrN5O2/c1-14(2,3)22-13(21)17-8-5-7-16-12-18-11-10(15)6-4-9-20(11)19-12/h4,6,9H,5,7-8H2,1-3H3,(H,16,19)(H,17,21). The summed E-state index contributed by atoms with van der Waals surface area (Å²) in [5.74, 6) is 0.559. The highest BCUT2D eigenvalue weighted by Crippen LogP contribution is 2.16. The van der Waals surface area contributed by atoms with Gasteiger partial charge < -0.3 is 15.4 Å². The Hall–Kier alpha value is -1.83. The molecule has 0 aliphatic carbocycles. The van der Waals surface area contributed by atoms with E-state index in [1.807, 2.05) is 39.1 Å². The number of hydrogen-bond donors (Lipinski definition) is 2. The molecule has 0 bridgehead atoms. The molecule has 7 nitrogen and oxygen atoms in total. The van der Waals surface area contributed by atoms with E-state index in [1.165, 1.54) is 0 Å². The molecule has 0 aliphatic rings. The number of carbonyl (C=O) groups excluding carboxylic acids is 1. The van der Waals surface area contributed by atoms with Gasteiger partial charge in [0, 0.05) is 19.3 Å². The van der Waals surface area contributed by atoms with E-state index in [2.05, 4.69) is 36.6 Å². The zero-order chi connectivity index (χ0) is 16.2. The van der Waals surface area contributed by atoms with Crippen LogP contribution < -0.4 is 10.6 Å². The summed E-state index contributed by atoms with van der Waals surface area (Å²) >= 11 is 3.43. The van der Waals surface area contributed by atoms with Gasteiger partial charge in [0.2, 0.25) is 5.95 Å². The third-order valence-electron chi connectivity index (χ3n) is 2.62. The molecule has 0 fully saturated rings. The molecule has 2 rings (SSSR count). The lowest BCUT2D eigenvalue weighted by molar-refractivity contribution is 0.0528. The Morgan fingerprint density at radius 3 is 2.86 bits per heavy atom. The number of alkyl carbamates (subject to hydrolysis) is 1. The summed E-state index contributed by atoms with van der Waals surface area (Å²) in [6.45, 7) is 6.69. The van der Waals surface area contributed by atoms with Crippen molar-refractivity contribution < 1.29 is 9.53 Å². The van der Waals surface area contributed by atoms with Crippen molar-refractivity contribution in [2.75, 3.05) is 18.4 Å². The molecule has 0 saturated carbocycles. The van der Waals surface area contributed by atoms with Gasteiger partial charge in [0.05, 0.1) is 4.47 Å². The zero-order valence-electron chi connectivity index (χ0n) is 12.9. The van der Waals surface area contributed by atoms with Gasteiger partial charge in [-0.25, -0.2) is 9.31 Å². The van der Waals surface area contributed by atoms with E-state index in [-0.39, 0.29) is 0 Å². The first-order chi connectivity index (χ1) is 10.3. The molecule has 22 heavy (non-hydrogen) atoms. The van der Waals surface area contributed by atoms with Crippen LogP contribution in [0, 0.1) is 0 Å². The van der Waals surface area contributed by atoms with Crippen molar-refractivity contribution in [1.29, 1.82) is 0 Å². The topological polar surface area (TPSA) is 80.5 Å². The second kappa shape index (κ2) is 6.95. The Morgan fingerprint density at radius 1 is 1.41 bits per heavy atom. The van der Waals surface area contributed by atoms with Gasteiger partial charge in [-0.1, -0.05) is 0 Å². The summed E-state index contributed by atoms with van der Waals surface area (Å²) in [4.78, 5) is 15.8. The number of anilines is 1. The van der Waals surface area contributed by atoms with E-state index in [9.17, 15) is 4.79 Å². The molecule has 0 aliphatic heterocycles. The van der Waals surface area contributed by atoms with Crippen molar-refractivity contribution in [2.24, 2.45) is 0 Å². The number of ether oxygens (including phenoxy) is 1. The number of carbonyl (C=O) groups is 1. The van der Waals surface area contributed by atoms with Crippen molar-refractivity contribution in [3.05, 3.63) is 22.8 Å². The number of halogens is 1. The molecule has 2 heterocycles. The smallest absolute Gasteiger partial charge is 0.407 e. The molecule has 0 atom stereocenters. The van der Waals surface area contributed by atoms with Gasteiger partial charge in [-0.05, 0) is 55.3 Å². The minimum absolute atomic E-state index is 0.401. The molecular formula is C14H20BrN5O2. The summed E-state index contributed by atoms with van der Waals surface area (Å²) in [7, 11) is 0. The monoisotopic (exact) mass is 369 g/mol. The van der Waals surface area contributed by atoms with Crippen LogP contribution in [0.15, 0.2) is 22.8 Å². The predicted octanol–water partition coefficient (Wildman–Crippen LogP) is 2.82. The van der Waals surface area contributed by atoms with Crippen LogP contribution in [0.2, 0.25) is 0 Å². The molecule has 2 N–H and O–H groups in total. The normalized spacial score (nSPS) is 11.5. The molecular weight excluding hydrogens is 350 g/mol. The molecule has 8 heteroatoms. The second-order valence-electron chi connectivity index (χ2n) is 5.77. The number of nitrogens with one attached hydrogen (secondary N) is 2. The van der Waals surface area contributed by atoms with Gasteiger partial charge in [-0.15, -0.1) is 5.10 Å². The van der Waals surface area contributed by atoms with Crippen LogP contribution in [-0.4, -0.2) is 39.4 Å². The lowest BCUT2D eigenvalue weighted by Crippen LogP contribution is -2.33. The van der Waals surface area contributed by atoms with Crippen molar-refractivity contribution in [2.45, 2.75) is 32.8 Å². The maximum atomic E-state index is 11.5. The lowest BCUT2D eigenvalue weighted by atomic mass is 10.2. The van der Waals surface area contributed by atoms with Crippen LogP contribution in [0.5, 0.6) is 0 Å². The molecule has 120 valence electrons. The fourth-order valence-corrected chi connectivity index (χ4v) is 2.16. The first-order valence-electron chi connectivity index (χ1n) is 7.07. The highest BCUT2D eigenvalue weighted by molar-refractivity contribution is 9.10. The molecule has 2 aromatic heterocycles. The van der Waals surface area contributed by atoms with Crippen LogP contribution in [0.3, 0.4) is 0 Å². The molecule has 0 radical (unpaired) electrons. The molecule has 0 saturated heterocycles. The fourth-order valence-electron chi connectivity index (χ4n) is 1.74. The lowest BCUT2D eigenvalue weighted by Gasteiger charge is -2.19. The Labute approximate surface area is 137 Å². The molecule has 0 spiro atoms. The Balaban J connectivity index is 1.72. The van der Waals surface area contributed by atoms with Gasteiger partial charge in [0.15, 0.2) is 5.65 Å². The zero-order valence-corrected chi connectivity index (χ0v) is 14.5. The van der Waals surface area contributed by atoms with Crippen LogP contribution in [0.1, 0.15) is 27.2 Å². The molecule has 0 aromatic carbocycles. The Kier molecular flexibility index (Phi) is 5.23.